The van der Waals surface area contributed by atoms with Gasteiger partial charge in [0.05, 0.1) is 18.8 Å². The molecule has 3 aliphatic rings. The molecule has 1 amide bonds. The van der Waals surface area contributed by atoms with Gasteiger partial charge >= 0.3 is 5.97 Å². The Balaban J connectivity index is 1.37. The Morgan fingerprint density at radius 3 is 2.94 bits per heavy atom. The summed E-state index contributed by atoms with van der Waals surface area (Å²) in [6, 6.07) is 9.69. The van der Waals surface area contributed by atoms with Crippen LogP contribution in [0.5, 0.6) is 0 Å². The number of carbonyl (C=O) groups excluding carboxylic acids is 2. The smallest absolute Gasteiger partial charge is 0.323 e. The number of hydrogen-bond acceptors (Lipinski definition) is 6. The molecule has 2 N–H and O–H groups in total. The van der Waals surface area contributed by atoms with Gasteiger partial charge in [-0.1, -0.05) is 18.2 Å². The number of aliphatic hydroxyl groups is 1. The zero-order valence-electron chi connectivity index (χ0n) is 17.6. The van der Waals surface area contributed by atoms with E-state index >= 15 is 0 Å². The highest BCUT2D eigenvalue weighted by molar-refractivity contribution is 6.36. The molecule has 2 aromatic rings. The van der Waals surface area contributed by atoms with Crippen molar-refractivity contribution in [3.05, 3.63) is 64.5 Å². The Morgan fingerprint density at radius 2 is 2.12 bits per heavy atom. The number of rotatable bonds is 4. The van der Waals surface area contributed by atoms with Gasteiger partial charge in [-0.3, -0.25) is 14.5 Å². The van der Waals surface area contributed by atoms with Crippen molar-refractivity contribution in [2.75, 3.05) is 25.5 Å². The molecular weight excluding hydrogens is 415 g/mol. The number of β-amino-alcohol motifs (C(OH)–C–C–N with tert-alkyl or cyclic N) is 1. The third-order valence-corrected chi connectivity index (χ3v) is 6.28. The molecule has 1 saturated heterocycles. The minimum Gasteiger partial charge on any atom is -0.487 e. The van der Waals surface area contributed by atoms with E-state index in [-0.39, 0.29) is 11.9 Å². The van der Waals surface area contributed by atoms with Gasteiger partial charge in [0.15, 0.2) is 0 Å². The van der Waals surface area contributed by atoms with Crippen LogP contribution in [0.4, 0.5) is 10.1 Å². The van der Waals surface area contributed by atoms with Crippen LogP contribution in [-0.2, 0) is 32.1 Å². The number of anilines is 1. The van der Waals surface area contributed by atoms with E-state index in [2.05, 4.69) is 5.32 Å². The maximum absolute atomic E-state index is 13.8. The lowest BCUT2D eigenvalue weighted by molar-refractivity contribution is -0.145. The summed E-state index contributed by atoms with van der Waals surface area (Å²) in [4.78, 5) is 26.5. The largest absolute Gasteiger partial charge is 0.487 e. The first kappa shape index (κ1) is 20.7. The monoisotopic (exact) mass is 438 g/mol. The lowest BCUT2D eigenvalue weighted by atomic mass is 9.98. The first-order chi connectivity index (χ1) is 15.4. The molecular formula is C24H23FN2O5. The van der Waals surface area contributed by atoms with Crippen molar-refractivity contribution in [2.45, 2.75) is 31.6 Å². The summed E-state index contributed by atoms with van der Waals surface area (Å²) in [5, 5.41) is 12.7. The normalized spacial score (nSPS) is 24.2. The molecule has 32 heavy (non-hydrogen) atoms. The molecule has 0 saturated carbocycles. The minimum atomic E-state index is -0.535. The summed E-state index contributed by atoms with van der Waals surface area (Å²) in [7, 11) is 1.36. The predicted molar refractivity (Wildman–Crippen MR) is 115 cm³/mol. The molecule has 1 fully saturated rings. The van der Waals surface area contributed by atoms with Crippen LogP contribution < -0.4 is 5.32 Å². The Bertz CT molecular complexity index is 1150. The van der Waals surface area contributed by atoms with Gasteiger partial charge in [0.2, 0.25) is 0 Å². The number of aliphatic hydroxyl groups excluding tert-OH is 1. The summed E-state index contributed by atoms with van der Waals surface area (Å²) >= 11 is 0. The lowest BCUT2D eigenvalue weighted by Crippen LogP contribution is -2.38. The van der Waals surface area contributed by atoms with Crippen LogP contribution in [0.2, 0.25) is 0 Å². The van der Waals surface area contributed by atoms with Crippen molar-refractivity contribution >= 4 is 28.9 Å². The highest BCUT2D eigenvalue weighted by atomic mass is 19.1. The summed E-state index contributed by atoms with van der Waals surface area (Å²) in [6.45, 7) is 1.38. The van der Waals surface area contributed by atoms with Crippen molar-refractivity contribution in [3.63, 3.8) is 0 Å². The highest BCUT2D eigenvalue weighted by Crippen LogP contribution is 2.42. The molecule has 0 radical (unpaired) electrons. The minimum absolute atomic E-state index is 0.307. The standard InChI is InChI=1S/C24H23FN2O5/c1-31-24(30)20-10-16(28)11-27(20)7-6-13-2-4-17-14(8-13)12-32-22(17)21-18-9-15(25)3-5-19(18)26-23(21)29/h2-5,8-9,16,20,28H,6-7,10-12H2,1H3,(H,26,29). The number of carbonyl (C=O) groups is 2. The summed E-state index contributed by atoms with van der Waals surface area (Å²) < 4.78 is 24.5. The molecule has 2 unspecified atom stereocenters. The SMILES string of the molecule is COC(=O)C1CC(O)CN1CCc1ccc2c(c1)COC2=C1C(=O)Nc2ccc(F)cc21. The van der Waals surface area contributed by atoms with Crippen molar-refractivity contribution in [2.24, 2.45) is 0 Å². The number of benzene rings is 2. The summed E-state index contributed by atoms with van der Waals surface area (Å²) in [5.41, 5.74) is 4.25. The van der Waals surface area contributed by atoms with Crippen LogP contribution in [0.25, 0.3) is 11.3 Å². The maximum Gasteiger partial charge on any atom is 0.323 e. The van der Waals surface area contributed by atoms with E-state index in [0.29, 0.717) is 55.1 Å². The summed E-state index contributed by atoms with van der Waals surface area (Å²) in [6.07, 6.45) is 0.534. The number of nitrogens with one attached hydrogen (secondary N) is 1. The van der Waals surface area contributed by atoms with E-state index in [1.165, 1.54) is 19.2 Å². The van der Waals surface area contributed by atoms with E-state index < -0.39 is 18.0 Å². The van der Waals surface area contributed by atoms with E-state index in [9.17, 15) is 19.1 Å². The molecule has 3 heterocycles. The molecule has 0 spiro atoms. The van der Waals surface area contributed by atoms with Crippen molar-refractivity contribution in [3.8, 4) is 0 Å². The van der Waals surface area contributed by atoms with Gasteiger partial charge < -0.3 is 19.9 Å². The van der Waals surface area contributed by atoms with E-state index in [1.807, 2.05) is 23.1 Å². The van der Waals surface area contributed by atoms with E-state index in [4.69, 9.17) is 9.47 Å². The molecule has 2 atom stereocenters. The molecule has 2 aromatic carbocycles. The fourth-order valence-electron chi connectivity index (χ4n) is 4.72. The number of amides is 1. The van der Waals surface area contributed by atoms with Crippen LogP contribution in [0.1, 0.15) is 28.7 Å². The maximum atomic E-state index is 13.8. The fraction of sp³-hybridized carbons (Fsp3) is 0.333. The average molecular weight is 438 g/mol. The Labute approximate surface area is 184 Å². The number of ether oxygens (including phenoxy) is 2. The highest BCUT2D eigenvalue weighted by Gasteiger charge is 2.36. The molecule has 0 aliphatic carbocycles. The van der Waals surface area contributed by atoms with Crippen LogP contribution in [0.15, 0.2) is 36.4 Å². The van der Waals surface area contributed by atoms with E-state index in [0.717, 1.165) is 16.7 Å². The molecule has 5 rings (SSSR count). The lowest BCUT2D eigenvalue weighted by Gasteiger charge is -2.21. The Morgan fingerprint density at radius 1 is 1.28 bits per heavy atom. The number of fused-ring (bicyclic) bond motifs is 2. The molecule has 8 heteroatoms. The second-order valence-electron chi connectivity index (χ2n) is 8.30. The Hall–Kier alpha value is -3.23. The number of methoxy groups -OCH3 is 1. The first-order valence-electron chi connectivity index (χ1n) is 10.5. The van der Waals surface area contributed by atoms with Gasteiger partial charge in [0, 0.05) is 41.9 Å². The van der Waals surface area contributed by atoms with Crippen LogP contribution in [0, 0.1) is 5.82 Å². The van der Waals surface area contributed by atoms with Crippen molar-refractivity contribution in [1.29, 1.82) is 0 Å². The van der Waals surface area contributed by atoms with Gasteiger partial charge in [0.25, 0.3) is 5.91 Å². The van der Waals surface area contributed by atoms with Crippen LogP contribution in [-0.4, -0.2) is 54.2 Å². The number of halogens is 1. The number of hydrogen-bond donors (Lipinski definition) is 2. The van der Waals surface area contributed by atoms with Gasteiger partial charge in [-0.15, -0.1) is 0 Å². The van der Waals surface area contributed by atoms with E-state index in [1.54, 1.807) is 6.07 Å². The number of nitrogens with zero attached hydrogens (tertiary/aromatic N) is 1. The molecule has 7 nitrogen and oxygen atoms in total. The topological polar surface area (TPSA) is 88.1 Å². The quantitative estimate of drug-likeness (QED) is 0.563. The van der Waals surface area contributed by atoms with Crippen LogP contribution in [0.3, 0.4) is 0 Å². The van der Waals surface area contributed by atoms with Crippen LogP contribution >= 0.6 is 0 Å². The second kappa shape index (κ2) is 8.03. The number of esters is 1. The third kappa shape index (κ3) is 3.55. The fourth-order valence-corrected chi connectivity index (χ4v) is 4.72. The zero-order chi connectivity index (χ0) is 22.4. The number of likely N-dealkylation sites (tertiary alicyclic amines) is 1. The molecule has 166 valence electrons. The Kier molecular flexibility index (Phi) is 5.19. The summed E-state index contributed by atoms with van der Waals surface area (Å²) in [5.74, 6) is -0.586. The molecule has 3 aliphatic heterocycles. The average Bonchev–Trinajstić information content (AvgIpc) is 3.45. The zero-order valence-corrected chi connectivity index (χ0v) is 17.6. The van der Waals surface area contributed by atoms with Crippen molar-refractivity contribution < 1.29 is 28.6 Å². The van der Waals surface area contributed by atoms with Gasteiger partial charge in [-0.25, -0.2) is 4.39 Å². The van der Waals surface area contributed by atoms with Gasteiger partial charge in [-0.2, -0.15) is 0 Å². The van der Waals surface area contributed by atoms with Gasteiger partial charge in [0.1, 0.15) is 24.2 Å². The van der Waals surface area contributed by atoms with Crippen molar-refractivity contribution in [1.82, 2.24) is 4.90 Å². The first-order valence-corrected chi connectivity index (χ1v) is 10.5. The van der Waals surface area contributed by atoms with Gasteiger partial charge in [-0.05, 0) is 30.2 Å². The molecule has 0 bridgehead atoms. The predicted octanol–water partition coefficient (Wildman–Crippen LogP) is 2.33. The molecule has 0 aromatic heterocycles. The third-order valence-electron chi connectivity index (χ3n) is 6.28. The second-order valence-corrected chi connectivity index (χ2v) is 8.30.